The Morgan fingerprint density at radius 2 is 1.91 bits per heavy atom. The van der Waals surface area contributed by atoms with Crippen molar-refractivity contribution in [3.8, 4) is 11.5 Å². The van der Waals surface area contributed by atoms with Crippen molar-refractivity contribution in [2.24, 2.45) is 11.7 Å². The molecule has 0 unspecified atom stereocenters. The molecule has 1 saturated heterocycles. The fourth-order valence-corrected chi connectivity index (χ4v) is 4.31. The summed E-state index contributed by atoms with van der Waals surface area (Å²) in [6.07, 6.45) is 0.906. The number of carbonyl (C=O) groups excluding carboxylic acids is 3. The van der Waals surface area contributed by atoms with Crippen LogP contribution in [0.5, 0.6) is 11.5 Å². The van der Waals surface area contributed by atoms with Crippen LogP contribution >= 0.6 is 0 Å². The monoisotopic (exact) mass is 454 g/mol. The van der Waals surface area contributed by atoms with Crippen molar-refractivity contribution in [3.63, 3.8) is 0 Å². The first kappa shape index (κ1) is 20.8. The molecule has 1 fully saturated rings. The molecule has 0 radical (unpaired) electrons. The number of hydrogen-bond donors (Lipinski definition) is 4. The number of fused-ring (bicyclic) bond motifs is 2. The summed E-state index contributed by atoms with van der Waals surface area (Å²) >= 11 is 0. The summed E-state index contributed by atoms with van der Waals surface area (Å²) in [5, 5.41) is 5.34. The van der Waals surface area contributed by atoms with E-state index in [4.69, 9.17) is 15.2 Å². The molecule has 2 aromatic rings. The maximum absolute atomic E-state index is 13.0. The molecular weight excluding hydrogens is 432 g/mol. The van der Waals surface area contributed by atoms with Gasteiger partial charge in [0.2, 0.25) is 30.5 Å². The van der Waals surface area contributed by atoms with E-state index in [9.17, 15) is 19.2 Å². The minimum absolute atomic E-state index is 0.0628. The van der Waals surface area contributed by atoms with E-state index in [2.05, 4.69) is 20.6 Å². The van der Waals surface area contributed by atoms with Crippen molar-refractivity contribution in [2.45, 2.75) is 25.2 Å². The highest BCUT2D eigenvalue weighted by atomic mass is 16.7. The van der Waals surface area contributed by atoms with Crippen LogP contribution in [0.1, 0.15) is 30.7 Å². The molecule has 12 heteroatoms. The molecular formula is C21H22N6O6. The van der Waals surface area contributed by atoms with Crippen LogP contribution in [0.15, 0.2) is 23.0 Å². The van der Waals surface area contributed by atoms with Crippen molar-refractivity contribution in [2.75, 3.05) is 35.4 Å². The molecule has 172 valence electrons. The fourth-order valence-electron chi connectivity index (χ4n) is 4.31. The number of hydrogen-bond acceptors (Lipinski definition) is 8. The average Bonchev–Trinajstić information content (AvgIpc) is 3.26. The molecule has 1 aromatic carbocycles. The Hall–Kier alpha value is -4.09. The third-order valence-electron chi connectivity index (χ3n) is 6.09. The number of ether oxygens (including phenoxy) is 2. The Morgan fingerprint density at radius 3 is 2.67 bits per heavy atom. The van der Waals surface area contributed by atoms with Gasteiger partial charge in [-0.1, -0.05) is 0 Å². The number of primary amides is 1. The zero-order valence-corrected chi connectivity index (χ0v) is 17.6. The standard InChI is InChI=1S/C21H22N6O6/c22-17(29)10-3-5-27(6-4-10)21-25-18-16(20(31)26-21)12(8-15(28)24-18)19(30)23-11-1-2-13-14(7-11)33-9-32-13/h1-2,7,10,12H,3-6,8-9H2,(H2,22,29)(H,23,30)(H2,24,25,26,28,31)/t12-/m0/s1. The first-order valence-corrected chi connectivity index (χ1v) is 10.6. The summed E-state index contributed by atoms with van der Waals surface area (Å²) in [6.45, 7) is 1.07. The first-order chi connectivity index (χ1) is 15.9. The third kappa shape index (κ3) is 3.95. The van der Waals surface area contributed by atoms with E-state index in [0.29, 0.717) is 43.1 Å². The van der Waals surface area contributed by atoms with Crippen LogP contribution in [0, 0.1) is 5.92 Å². The Bertz CT molecular complexity index is 1200. The van der Waals surface area contributed by atoms with E-state index in [-0.39, 0.29) is 42.4 Å². The lowest BCUT2D eigenvalue weighted by atomic mass is 9.92. The number of benzene rings is 1. The highest BCUT2D eigenvalue weighted by Crippen LogP contribution is 2.35. The van der Waals surface area contributed by atoms with Gasteiger partial charge in [-0.15, -0.1) is 0 Å². The van der Waals surface area contributed by atoms with E-state index in [1.165, 1.54) is 0 Å². The van der Waals surface area contributed by atoms with Crippen molar-refractivity contribution in [3.05, 3.63) is 34.1 Å². The molecule has 33 heavy (non-hydrogen) atoms. The van der Waals surface area contributed by atoms with Gasteiger partial charge >= 0.3 is 0 Å². The second kappa shape index (κ2) is 8.11. The summed E-state index contributed by atoms with van der Waals surface area (Å²) in [6, 6.07) is 4.93. The van der Waals surface area contributed by atoms with Gasteiger partial charge in [0.25, 0.3) is 5.56 Å². The van der Waals surface area contributed by atoms with Crippen LogP contribution in [-0.4, -0.2) is 47.6 Å². The number of H-pyrrole nitrogens is 1. The van der Waals surface area contributed by atoms with Crippen LogP contribution in [0.3, 0.4) is 0 Å². The summed E-state index contributed by atoms with van der Waals surface area (Å²) in [4.78, 5) is 58.7. The lowest BCUT2D eigenvalue weighted by Gasteiger charge is -2.32. The predicted octanol–water partition coefficient (Wildman–Crippen LogP) is 0.265. The molecule has 0 spiro atoms. The predicted molar refractivity (Wildman–Crippen MR) is 116 cm³/mol. The molecule has 5 rings (SSSR count). The molecule has 12 nitrogen and oxygen atoms in total. The number of nitrogens with one attached hydrogen (secondary N) is 3. The third-order valence-corrected chi connectivity index (χ3v) is 6.09. The molecule has 0 bridgehead atoms. The smallest absolute Gasteiger partial charge is 0.258 e. The lowest BCUT2D eigenvalue weighted by molar-refractivity contribution is -0.123. The van der Waals surface area contributed by atoms with E-state index in [1.807, 2.05) is 4.90 Å². The van der Waals surface area contributed by atoms with Gasteiger partial charge in [0, 0.05) is 37.2 Å². The molecule has 0 aliphatic carbocycles. The van der Waals surface area contributed by atoms with Crippen molar-refractivity contribution in [1.29, 1.82) is 0 Å². The first-order valence-electron chi connectivity index (χ1n) is 10.6. The maximum atomic E-state index is 13.0. The molecule has 3 amide bonds. The summed E-state index contributed by atoms with van der Waals surface area (Å²) in [7, 11) is 0. The minimum Gasteiger partial charge on any atom is -0.454 e. The topological polar surface area (TPSA) is 169 Å². The normalized spacial score (nSPS) is 19.6. The Morgan fingerprint density at radius 1 is 1.15 bits per heavy atom. The number of aromatic amines is 1. The number of rotatable bonds is 4. The fraction of sp³-hybridized carbons (Fsp3) is 0.381. The van der Waals surface area contributed by atoms with Gasteiger partial charge in [-0.05, 0) is 25.0 Å². The lowest BCUT2D eigenvalue weighted by Crippen LogP contribution is -2.41. The number of aromatic nitrogens is 2. The van der Waals surface area contributed by atoms with Crippen LogP contribution in [0.2, 0.25) is 0 Å². The Labute approximate surface area is 187 Å². The van der Waals surface area contributed by atoms with Crippen molar-refractivity contribution < 1.29 is 23.9 Å². The summed E-state index contributed by atoms with van der Waals surface area (Å²) < 4.78 is 10.6. The second-order valence-corrected chi connectivity index (χ2v) is 8.18. The van der Waals surface area contributed by atoms with Gasteiger partial charge in [0.1, 0.15) is 5.82 Å². The number of nitrogens with two attached hydrogens (primary N) is 1. The number of amides is 3. The van der Waals surface area contributed by atoms with Crippen molar-refractivity contribution >= 4 is 35.2 Å². The molecule has 4 heterocycles. The van der Waals surface area contributed by atoms with E-state index in [0.717, 1.165) is 0 Å². The summed E-state index contributed by atoms with van der Waals surface area (Å²) in [5.41, 5.74) is 5.43. The van der Waals surface area contributed by atoms with Gasteiger partial charge < -0.3 is 30.7 Å². The quantitative estimate of drug-likeness (QED) is 0.510. The maximum Gasteiger partial charge on any atom is 0.258 e. The average molecular weight is 454 g/mol. The van der Waals surface area contributed by atoms with Gasteiger partial charge in [0.05, 0.1) is 11.5 Å². The number of anilines is 3. The van der Waals surface area contributed by atoms with Crippen LogP contribution < -0.4 is 36.3 Å². The van der Waals surface area contributed by atoms with Gasteiger partial charge in [-0.3, -0.25) is 24.2 Å². The minimum atomic E-state index is -1.01. The van der Waals surface area contributed by atoms with E-state index < -0.39 is 23.3 Å². The molecule has 3 aliphatic heterocycles. The Kier molecular flexibility index (Phi) is 5.11. The Balaban J connectivity index is 1.38. The molecule has 3 aliphatic rings. The highest BCUT2D eigenvalue weighted by Gasteiger charge is 2.36. The van der Waals surface area contributed by atoms with Crippen LogP contribution in [-0.2, 0) is 14.4 Å². The largest absolute Gasteiger partial charge is 0.454 e. The number of nitrogens with zero attached hydrogens (tertiary/aromatic N) is 2. The zero-order valence-electron chi connectivity index (χ0n) is 17.6. The summed E-state index contributed by atoms with van der Waals surface area (Å²) in [5.74, 6) is -1.07. The van der Waals surface area contributed by atoms with Gasteiger partial charge in [0.15, 0.2) is 11.5 Å². The van der Waals surface area contributed by atoms with E-state index in [1.54, 1.807) is 18.2 Å². The second-order valence-electron chi connectivity index (χ2n) is 8.18. The number of piperidine rings is 1. The molecule has 0 saturated carbocycles. The van der Waals surface area contributed by atoms with Gasteiger partial charge in [-0.25, -0.2) is 0 Å². The van der Waals surface area contributed by atoms with Crippen LogP contribution in [0.4, 0.5) is 17.5 Å². The zero-order chi connectivity index (χ0) is 23.1. The highest BCUT2D eigenvalue weighted by molar-refractivity contribution is 6.04. The molecule has 1 atom stereocenters. The van der Waals surface area contributed by atoms with Crippen molar-refractivity contribution in [1.82, 2.24) is 9.97 Å². The number of carbonyl (C=O) groups is 3. The van der Waals surface area contributed by atoms with E-state index >= 15 is 0 Å². The SMILES string of the molecule is NC(=O)C1CCN(c2nc3c(c(=O)[nH]2)[C@@H](C(=O)Nc2ccc4c(c2)OCO4)CC(=O)N3)CC1. The molecule has 1 aromatic heterocycles. The van der Waals surface area contributed by atoms with Crippen LogP contribution in [0.25, 0.3) is 0 Å². The van der Waals surface area contributed by atoms with Gasteiger partial charge in [-0.2, -0.15) is 4.98 Å². The molecule has 5 N–H and O–H groups in total.